The number of carbonyl (C=O) groups is 2. The van der Waals surface area contributed by atoms with Crippen molar-refractivity contribution in [3.63, 3.8) is 0 Å². The molecule has 0 saturated carbocycles. The molecule has 1 aromatic carbocycles. The first-order valence-electron chi connectivity index (χ1n) is 5.32. The van der Waals surface area contributed by atoms with Gasteiger partial charge >= 0.3 is 11.9 Å². The Balaban J connectivity index is 2.86. The summed E-state index contributed by atoms with van der Waals surface area (Å²) >= 11 is 0. The molecule has 0 heterocycles. The molecule has 0 aliphatic carbocycles. The molecular formula is C11H11NO8. The molecule has 3 N–H and O–H groups in total. The third-order valence-corrected chi connectivity index (χ3v) is 2.39. The number of rotatable bonds is 7. The summed E-state index contributed by atoms with van der Waals surface area (Å²) in [7, 11) is 0. The predicted molar refractivity (Wildman–Crippen MR) is 63.0 cm³/mol. The summed E-state index contributed by atoms with van der Waals surface area (Å²) in [6.07, 6.45) is -4.29. The van der Waals surface area contributed by atoms with Crippen LogP contribution in [0.4, 0.5) is 5.69 Å². The van der Waals surface area contributed by atoms with Gasteiger partial charge in [0, 0.05) is 6.07 Å². The van der Waals surface area contributed by atoms with E-state index in [0.717, 1.165) is 0 Å². The van der Waals surface area contributed by atoms with Gasteiger partial charge in [0.05, 0.1) is 17.1 Å². The van der Waals surface area contributed by atoms with Gasteiger partial charge in [-0.05, 0) is 6.07 Å². The van der Waals surface area contributed by atoms with Crippen LogP contribution in [0.25, 0.3) is 0 Å². The van der Waals surface area contributed by atoms with E-state index in [4.69, 9.17) is 14.9 Å². The summed E-state index contributed by atoms with van der Waals surface area (Å²) in [6, 6.07) is 5.43. The third-order valence-electron chi connectivity index (χ3n) is 2.39. The fourth-order valence-electron chi connectivity index (χ4n) is 1.42. The topological polar surface area (TPSA) is 147 Å². The molecule has 0 aromatic heterocycles. The Hall–Kier alpha value is -2.52. The number of benzene rings is 1. The maximum Gasteiger partial charge on any atom is 0.336 e. The molecule has 20 heavy (non-hydrogen) atoms. The highest BCUT2D eigenvalue weighted by atomic mass is 16.6. The molecule has 9 nitrogen and oxygen atoms in total. The number of aliphatic carboxylic acids is 2. The van der Waals surface area contributed by atoms with E-state index in [1.54, 1.807) is 0 Å². The van der Waals surface area contributed by atoms with Crippen LogP contribution in [-0.4, -0.2) is 44.4 Å². The van der Waals surface area contributed by atoms with E-state index in [9.17, 15) is 24.8 Å². The van der Waals surface area contributed by atoms with Gasteiger partial charge in [-0.15, -0.1) is 0 Å². The van der Waals surface area contributed by atoms with Crippen molar-refractivity contribution in [3.8, 4) is 0 Å². The van der Waals surface area contributed by atoms with E-state index in [1.807, 2.05) is 0 Å². The van der Waals surface area contributed by atoms with Crippen molar-refractivity contribution < 1.29 is 34.6 Å². The maximum atomic E-state index is 10.8. The highest BCUT2D eigenvalue weighted by molar-refractivity contribution is 5.83. The van der Waals surface area contributed by atoms with E-state index in [1.165, 1.54) is 24.3 Å². The van der Waals surface area contributed by atoms with E-state index < -0.39 is 35.7 Å². The molecule has 1 aromatic rings. The van der Waals surface area contributed by atoms with Gasteiger partial charge in [-0.25, -0.2) is 9.59 Å². The first-order chi connectivity index (χ1) is 9.34. The Morgan fingerprint density at radius 1 is 1.25 bits per heavy atom. The zero-order valence-corrected chi connectivity index (χ0v) is 10.0. The van der Waals surface area contributed by atoms with Crippen molar-refractivity contribution in [1.29, 1.82) is 0 Å². The maximum absolute atomic E-state index is 10.8. The summed E-state index contributed by atoms with van der Waals surface area (Å²) in [5.41, 5.74) is -0.220. The molecule has 9 heteroatoms. The lowest BCUT2D eigenvalue weighted by molar-refractivity contribution is -0.386. The molecule has 0 aliphatic heterocycles. The molecule has 108 valence electrons. The number of carboxylic acid groups (broad SMARTS) is 2. The SMILES string of the molecule is O=C(O)[C@@H](O)[C@H](OCc1ccccc1[N+](=O)[O-])C(=O)O. The summed E-state index contributed by atoms with van der Waals surface area (Å²) in [4.78, 5) is 31.4. The van der Waals surface area contributed by atoms with Crippen LogP contribution < -0.4 is 0 Å². The number of aliphatic hydroxyl groups is 1. The minimum atomic E-state index is -2.27. The summed E-state index contributed by atoms with van der Waals surface area (Å²) in [6.45, 7) is -0.515. The number of nitro groups is 1. The molecule has 0 aliphatic rings. The second kappa shape index (κ2) is 6.59. The van der Waals surface area contributed by atoms with Gasteiger partial charge in [-0.3, -0.25) is 10.1 Å². The average Bonchev–Trinajstić information content (AvgIpc) is 2.38. The minimum Gasteiger partial charge on any atom is -0.479 e. The van der Waals surface area contributed by atoms with Crippen LogP contribution in [0.5, 0.6) is 0 Å². The lowest BCUT2D eigenvalue weighted by atomic mass is 10.1. The quantitative estimate of drug-likeness (QED) is 0.468. The van der Waals surface area contributed by atoms with Crippen LogP contribution in [0, 0.1) is 10.1 Å². The molecule has 0 unspecified atom stereocenters. The molecule has 0 radical (unpaired) electrons. The number of para-hydroxylation sites is 1. The Kier molecular flexibility index (Phi) is 5.12. The lowest BCUT2D eigenvalue weighted by Gasteiger charge is -2.16. The van der Waals surface area contributed by atoms with Crippen LogP contribution in [-0.2, 0) is 20.9 Å². The molecule has 2 atom stereocenters. The number of aliphatic hydroxyl groups excluding tert-OH is 1. The molecule has 1 rings (SSSR count). The van der Waals surface area contributed by atoms with Crippen molar-refractivity contribution in [1.82, 2.24) is 0 Å². The number of hydrogen-bond donors (Lipinski definition) is 3. The number of nitro benzene ring substituents is 1. The Morgan fingerprint density at radius 3 is 2.35 bits per heavy atom. The second-order valence-corrected chi connectivity index (χ2v) is 3.74. The van der Waals surface area contributed by atoms with Gasteiger partial charge in [0.1, 0.15) is 0 Å². The van der Waals surface area contributed by atoms with Gasteiger partial charge in [-0.2, -0.15) is 0 Å². The van der Waals surface area contributed by atoms with Gasteiger partial charge < -0.3 is 20.1 Å². The predicted octanol–water partition coefficient (Wildman–Crippen LogP) is 0.0101. The summed E-state index contributed by atoms with van der Waals surface area (Å²) in [5.74, 6) is -3.45. The molecule has 0 saturated heterocycles. The largest absolute Gasteiger partial charge is 0.479 e. The third kappa shape index (κ3) is 3.73. The Morgan fingerprint density at radius 2 is 1.85 bits per heavy atom. The zero-order valence-electron chi connectivity index (χ0n) is 10.0. The summed E-state index contributed by atoms with van der Waals surface area (Å²) in [5, 5.41) is 37.2. The minimum absolute atomic E-state index is 0.0707. The van der Waals surface area contributed by atoms with Crippen LogP contribution in [0.2, 0.25) is 0 Å². The Labute approximate surface area is 112 Å². The average molecular weight is 285 g/mol. The van der Waals surface area contributed by atoms with E-state index in [0.29, 0.717) is 0 Å². The molecule has 0 amide bonds. The highest BCUT2D eigenvalue weighted by Crippen LogP contribution is 2.19. The van der Waals surface area contributed by atoms with Crippen molar-refractivity contribution >= 4 is 17.6 Å². The number of carboxylic acids is 2. The van der Waals surface area contributed by atoms with Gasteiger partial charge in [0.15, 0.2) is 12.2 Å². The standard InChI is InChI=1S/C11H11NO8/c13-8(10(14)15)9(11(16)17)20-5-6-3-1-2-4-7(6)12(18)19/h1-4,8-9,13H,5H2,(H,14,15)(H,16,17)/t8-,9-/m0/s1. The van der Waals surface area contributed by atoms with E-state index >= 15 is 0 Å². The van der Waals surface area contributed by atoms with E-state index in [-0.39, 0.29) is 11.3 Å². The highest BCUT2D eigenvalue weighted by Gasteiger charge is 2.33. The monoisotopic (exact) mass is 285 g/mol. The number of nitrogens with zero attached hydrogens (tertiary/aromatic N) is 1. The fraction of sp³-hybridized carbons (Fsp3) is 0.273. The van der Waals surface area contributed by atoms with Crippen molar-refractivity contribution in [3.05, 3.63) is 39.9 Å². The molecular weight excluding hydrogens is 274 g/mol. The van der Waals surface area contributed by atoms with Crippen molar-refractivity contribution in [2.24, 2.45) is 0 Å². The van der Waals surface area contributed by atoms with Crippen molar-refractivity contribution in [2.45, 2.75) is 18.8 Å². The molecule has 0 spiro atoms. The van der Waals surface area contributed by atoms with Crippen LogP contribution in [0.15, 0.2) is 24.3 Å². The van der Waals surface area contributed by atoms with Crippen LogP contribution >= 0.6 is 0 Å². The van der Waals surface area contributed by atoms with Crippen LogP contribution in [0.1, 0.15) is 5.56 Å². The van der Waals surface area contributed by atoms with Crippen molar-refractivity contribution in [2.75, 3.05) is 0 Å². The fourth-order valence-corrected chi connectivity index (χ4v) is 1.42. The normalized spacial score (nSPS) is 13.4. The first-order valence-corrected chi connectivity index (χ1v) is 5.32. The van der Waals surface area contributed by atoms with Gasteiger partial charge in [-0.1, -0.05) is 12.1 Å². The zero-order chi connectivity index (χ0) is 15.3. The smallest absolute Gasteiger partial charge is 0.336 e. The molecule has 0 fully saturated rings. The number of ether oxygens (including phenoxy) is 1. The second-order valence-electron chi connectivity index (χ2n) is 3.74. The van der Waals surface area contributed by atoms with E-state index in [2.05, 4.69) is 0 Å². The summed E-state index contributed by atoms with van der Waals surface area (Å²) < 4.78 is 4.77. The molecule has 0 bridgehead atoms. The van der Waals surface area contributed by atoms with Gasteiger partial charge in [0.25, 0.3) is 5.69 Å². The lowest BCUT2D eigenvalue weighted by Crippen LogP contribution is -2.41. The van der Waals surface area contributed by atoms with Gasteiger partial charge in [0.2, 0.25) is 0 Å². The Bertz CT molecular complexity index is 529. The first kappa shape index (κ1) is 15.5. The van der Waals surface area contributed by atoms with Crippen LogP contribution in [0.3, 0.4) is 0 Å². The number of hydrogen-bond acceptors (Lipinski definition) is 6.